The van der Waals surface area contributed by atoms with Gasteiger partial charge >= 0.3 is 5.97 Å². The van der Waals surface area contributed by atoms with Crippen LogP contribution in [0, 0.1) is 40.4 Å². The third-order valence-electron chi connectivity index (χ3n) is 7.91. The number of ether oxygens (including phenoxy) is 1. The third-order valence-corrected chi connectivity index (χ3v) is 8.77. The highest BCUT2D eigenvalue weighted by atomic mass is 28.3. The molecule has 0 saturated carbocycles. The van der Waals surface area contributed by atoms with Crippen LogP contribution in [0.3, 0.4) is 0 Å². The molecule has 2 amide bonds. The largest absolute Gasteiger partial charge is 0.460 e. The molecule has 0 fully saturated rings. The first-order chi connectivity index (χ1) is 18.8. The maximum absolute atomic E-state index is 14.3. The number of rotatable bonds is 16. The average Bonchev–Trinajstić information content (AvgIpc) is 2.79. The molecule has 0 aliphatic heterocycles. The Balaban J connectivity index is 7.31. The number of nitrogens with one attached hydrogen (secondary N) is 1. The van der Waals surface area contributed by atoms with Gasteiger partial charge in [-0.3, -0.25) is 14.4 Å². The van der Waals surface area contributed by atoms with Gasteiger partial charge in [0.15, 0.2) is 14.6 Å². The second kappa shape index (κ2) is 15.5. The van der Waals surface area contributed by atoms with Gasteiger partial charge in [0.25, 0.3) is 5.91 Å². The van der Waals surface area contributed by atoms with Gasteiger partial charge in [-0.25, -0.2) is 0 Å². The van der Waals surface area contributed by atoms with E-state index in [4.69, 9.17) is 26.2 Å². The van der Waals surface area contributed by atoms with E-state index in [1.165, 1.54) is 0 Å². The molecule has 5 atom stereocenters. The zero-order valence-electron chi connectivity index (χ0n) is 28.7. The Bertz CT molecular complexity index is 966. The molecule has 1 unspecified atom stereocenters. The van der Waals surface area contributed by atoms with Crippen molar-refractivity contribution in [3.8, 4) is 0 Å². The van der Waals surface area contributed by atoms with Crippen molar-refractivity contribution < 1.29 is 23.5 Å². The van der Waals surface area contributed by atoms with E-state index in [9.17, 15) is 14.4 Å². The monoisotopic (exact) mass is 612 g/mol. The fourth-order valence-corrected chi connectivity index (χ4v) is 6.75. The quantitative estimate of drug-likeness (QED) is 0.0730. The van der Waals surface area contributed by atoms with E-state index in [1.54, 1.807) is 13.8 Å². The van der Waals surface area contributed by atoms with Crippen LogP contribution >= 0.6 is 0 Å². The molecular weight excluding hydrogens is 552 g/mol. The second-order valence-electron chi connectivity index (χ2n) is 15.3. The van der Waals surface area contributed by atoms with Crippen molar-refractivity contribution in [2.45, 2.75) is 120 Å². The molecule has 0 rings (SSSR count). The SMILES string of the molecule is CC(C)[C@@H](CN=[N+]=[N-])C[C@H](C(=O)OC(C)(C)C)[C@H](C(N)[C@](O[SiH](C)C)(C(=O)NCC(C)(C)C(N)=O)C(C)C)C(C)(C)C. The zero-order valence-corrected chi connectivity index (χ0v) is 29.9. The van der Waals surface area contributed by atoms with Crippen LogP contribution in [0.15, 0.2) is 5.11 Å². The van der Waals surface area contributed by atoms with E-state index in [0.717, 1.165) is 0 Å². The number of carbonyl (C=O) groups excluding carboxylic acids is 3. The molecule has 12 heteroatoms. The summed E-state index contributed by atoms with van der Waals surface area (Å²) in [4.78, 5) is 43.3. The van der Waals surface area contributed by atoms with Crippen LogP contribution in [0.2, 0.25) is 13.1 Å². The van der Waals surface area contributed by atoms with Crippen LogP contribution < -0.4 is 16.8 Å². The van der Waals surface area contributed by atoms with Gasteiger partial charge in [-0.05, 0) is 88.8 Å². The number of nitrogens with zero attached hydrogens (tertiary/aromatic N) is 3. The van der Waals surface area contributed by atoms with Crippen LogP contribution in [0.4, 0.5) is 0 Å². The molecule has 11 nitrogen and oxygen atoms in total. The standard InChI is InChI=1S/C30H60N6O5Si/c1-18(2)20(16-35-36-33)15-21(24(37)40-28(8,9)10)22(27(5,6)7)23(31)30(19(3)4,41-42(13)14)26(39)34-17-29(11,12)25(32)38/h18-23,42H,15-17,31H2,1-14H3,(H2,32,38)(H,34,39)/t20-,21+,22-,23?,30+/m1/s1. The van der Waals surface area contributed by atoms with E-state index in [2.05, 4.69) is 15.3 Å². The predicted octanol–water partition coefficient (Wildman–Crippen LogP) is 4.93. The number of carbonyl (C=O) groups is 3. The maximum atomic E-state index is 14.3. The molecule has 0 bridgehead atoms. The fourth-order valence-electron chi connectivity index (χ4n) is 5.43. The number of primary amides is 1. The van der Waals surface area contributed by atoms with Crippen LogP contribution in [0.5, 0.6) is 0 Å². The second-order valence-corrected chi connectivity index (χ2v) is 17.6. The van der Waals surface area contributed by atoms with Gasteiger partial charge in [0.2, 0.25) is 5.91 Å². The summed E-state index contributed by atoms with van der Waals surface area (Å²) in [6, 6.07) is -0.936. The van der Waals surface area contributed by atoms with Gasteiger partial charge in [0.05, 0.1) is 11.3 Å². The summed E-state index contributed by atoms with van der Waals surface area (Å²) in [5, 5.41) is 6.75. The molecule has 0 spiro atoms. The van der Waals surface area contributed by atoms with Crippen LogP contribution in [-0.4, -0.2) is 57.2 Å². The Morgan fingerprint density at radius 1 is 1.00 bits per heavy atom. The summed E-state index contributed by atoms with van der Waals surface area (Å²) in [5.41, 5.74) is 18.0. The highest BCUT2D eigenvalue weighted by Crippen LogP contribution is 2.45. The van der Waals surface area contributed by atoms with E-state index in [1.807, 2.05) is 82.3 Å². The van der Waals surface area contributed by atoms with E-state index >= 15 is 0 Å². The van der Waals surface area contributed by atoms with Crippen molar-refractivity contribution in [1.82, 2.24) is 5.32 Å². The minimum atomic E-state index is -1.90. The molecule has 0 aliphatic rings. The Morgan fingerprint density at radius 3 is 1.88 bits per heavy atom. The summed E-state index contributed by atoms with van der Waals surface area (Å²) in [5.74, 6) is -3.12. The Labute approximate surface area is 255 Å². The van der Waals surface area contributed by atoms with Crippen molar-refractivity contribution in [3.05, 3.63) is 10.4 Å². The minimum absolute atomic E-state index is 0.00261. The molecule has 5 N–H and O–H groups in total. The lowest BCUT2D eigenvalue weighted by Gasteiger charge is -2.51. The molecule has 42 heavy (non-hydrogen) atoms. The first-order valence-electron chi connectivity index (χ1n) is 15.1. The zero-order chi connectivity index (χ0) is 33.4. The average molecular weight is 613 g/mol. The Hall–Kier alpha value is -2.14. The van der Waals surface area contributed by atoms with Crippen LogP contribution in [0.1, 0.15) is 89.5 Å². The highest BCUT2D eigenvalue weighted by molar-refractivity contribution is 6.48. The van der Waals surface area contributed by atoms with Gasteiger partial charge in [-0.1, -0.05) is 53.6 Å². The van der Waals surface area contributed by atoms with E-state index in [0.29, 0.717) is 6.42 Å². The highest BCUT2D eigenvalue weighted by Gasteiger charge is 2.56. The molecule has 0 aromatic heterocycles. The summed E-state index contributed by atoms with van der Waals surface area (Å²) < 4.78 is 12.6. The number of azide groups is 1. The fraction of sp³-hybridized carbons (Fsp3) is 0.900. The summed E-state index contributed by atoms with van der Waals surface area (Å²) in [6.07, 6.45) is 0.352. The van der Waals surface area contributed by atoms with Gasteiger partial charge in [0.1, 0.15) is 5.60 Å². The summed E-state index contributed by atoms with van der Waals surface area (Å²) in [6.45, 7) is 26.7. The molecule has 244 valence electrons. The van der Waals surface area contributed by atoms with E-state index < -0.39 is 66.7 Å². The number of nitrogens with two attached hydrogens (primary N) is 2. The van der Waals surface area contributed by atoms with Crippen LogP contribution in [-0.2, 0) is 23.5 Å². The molecule has 0 saturated heterocycles. The molecule has 0 radical (unpaired) electrons. The smallest absolute Gasteiger partial charge is 0.309 e. The molecule has 0 aromatic rings. The first kappa shape index (κ1) is 39.9. The van der Waals surface area contributed by atoms with Crippen LogP contribution in [0.25, 0.3) is 10.4 Å². The normalized spacial score (nSPS) is 17.2. The first-order valence-corrected chi connectivity index (χ1v) is 17.9. The lowest BCUT2D eigenvalue weighted by molar-refractivity contribution is -0.170. The van der Waals surface area contributed by atoms with E-state index in [-0.39, 0.29) is 30.8 Å². The lowest BCUT2D eigenvalue weighted by Crippen LogP contribution is -2.69. The van der Waals surface area contributed by atoms with Gasteiger partial charge in [-0.15, -0.1) is 0 Å². The van der Waals surface area contributed by atoms with Gasteiger partial charge in [-0.2, -0.15) is 0 Å². The lowest BCUT2D eigenvalue weighted by atomic mass is 9.61. The van der Waals surface area contributed by atoms with Crippen molar-refractivity contribution in [2.24, 2.45) is 57.0 Å². The maximum Gasteiger partial charge on any atom is 0.309 e. The molecular formula is C30H60N6O5Si. The third kappa shape index (κ3) is 11.2. The van der Waals surface area contributed by atoms with Crippen molar-refractivity contribution >= 4 is 26.8 Å². The Morgan fingerprint density at radius 2 is 1.52 bits per heavy atom. The topological polar surface area (TPSA) is 183 Å². The van der Waals surface area contributed by atoms with Gasteiger partial charge in [0, 0.05) is 24.0 Å². The summed E-state index contributed by atoms with van der Waals surface area (Å²) in [7, 11) is -1.90. The number of hydrogen-bond donors (Lipinski definition) is 3. The van der Waals surface area contributed by atoms with Gasteiger partial charge < -0.3 is 25.9 Å². The van der Waals surface area contributed by atoms with Crippen molar-refractivity contribution in [1.29, 1.82) is 0 Å². The predicted molar refractivity (Wildman–Crippen MR) is 171 cm³/mol. The molecule has 0 heterocycles. The Kier molecular flexibility index (Phi) is 14.7. The van der Waals surface area contributed by atoms with Crippen molar-refractivity contribution in [3.63, 3.8) is 0 Å². The molecule has 0 aromatic carbocycles. The van der Waals surface area contributed by atoms with Crippen molar-refractivity contribution in [2.75, 3.05) is 13.1 Å². The number of hydrogen-bond acceptors (Lipinski definition) is 7. The number of esters is 1. The minimum Gasteiger partial charge on any atom is -0.460 e. The number of amides is 2. The summed E-state index contributed by atoms with van der Waals surface area (Å²) >= 11 is 0. The molecule has 0 aliphatic carbocycles.